The third-order valence-electron chi connectivity index (χ3n) is 4.99. The fraction of sp³-hybridized carbons (Fsp3) is 0.611. The van der Waals surface area contributed by atoms with Gasteiger partial charge in [-0.3, -0.25) is 9.63 Å². The lowest BCUT2D eigenvalue weighted by molar-refractivity contribution is -0.0757. The van der Waals surface area contributed by atoms with Crippen molar-refractivity contribution in [2.24, 2.45) is 0 Å². The topological polar surface area (TPSA) is 72.3 Å². The van der Waals surface area contributed by atoms with E-state index < -0.39 is 0 Å². The number of nitrogens with one attached hydrogen (secondary N) is 1. The molecule has 2 aromatic rings. The quantitative estimate of drug-likeness (QED) is 0.843. The van der Waals surface area contributed by atoms with E-state index in [-0.39, 0.29) is 5.91 Å². The van der Waals surface area contributed by atoms with Gasteiger partial charge in [0.2, 0.25) is 0 Å². The first-order valence-corrected chi connectivity index (χ1v) is 9.01. The van der Waals surface area contributed by atoms with E-state index in [4.69, 9.17) is 4.84 Å². The van der Waals surface area contributed by atoms with Gasteiger partial charge in [-0.2, -0.15) is 5.10 Å². The van der Waals surface area contributed by atoms with Crippen LogP contribution in [0.15, 0.2) is 6.20 Å². The Morgan fingerprint density at radius 1 is 1.40 bits per heavy atom. The molecule has 0 radical (unpaired) electrons. The molecule has 2 heterocycles. The number of fused-ring (bicyclic) bond motifs is 1. The molecule has 1 amide bonds. The van der Waals surface area contributed by atoms with E-state index in [1.165, 1.54) is 31.4 Å². The lowest BCUT2D eigenvalue weighted by Crippen LogP contribution is -2.29. The number of hydrogen-bond acceptors (Lipinski definition) is 5. The lowest BCUT2D eigenvalue weighted by Gasteiger charge is -2.26. The zero-order chi connectivity index (χ0) is 18.0. The second kappa shape index (κ2) is 7.39. The summed E-state index contributed by atoms with van der Waals surface area (Å²) in [4.78, 5) is 22.6. The molecule has 7 heteroatoms. The molecule has 25 heavy (non-hydrogen) atoms. The zero-order valence-corrected chi connectivity index (χ0v) is 15.5. The molecule has 7 nitrogen and oxygen atoms in total. The van der Waals surface area contributed by atoms with Crippen molar-refractivity contribution in [2.75, 3.05) is 19.5 Å². The highest BCUT2D eigenvalue weighted by molar-refractivity contribution is 6.07. The Bertz CT molecular complexity index is 764. The second-order valence-corrected chi connectivity index (χ2v) is 6.61. The van der Waals surface area contributed by atoms with Crippen LogP contribution in [0.25, 0.3) is 11.0 Å². The van der Waals surface area contributed by atoms with Crippen LogP contribution < -0.4 is 5.32 Å². The van der Waals surface area contributed by atoms with Crippen molar-refractivity contribution in [1.82, 2.24) is 19.8 Å². The summed E-state index contributed by atoms with van der Waals surface area (Å²) in [5.41, 5.74) is 2.91. The highest BCUT2D eigenvalue weighted by Crippen LogP contribution is 2.32. The molecule has 0 aromatic carbocycles. The normalized spacial score (nSPS) is 15.5. The lowest BCUT2D eigenvalue weighted by atomic mass is 9.94. The fourth-order valence-corrected chi connectivity index (χ4v) is 3.54. The third-order valence-corrected chi connectivity index (χ3v) is 4.99. The number of carbonyl (C=O) groups excluding carboxylic acids is 1. The summed E-state index contributed by atoms with van der Waals surface area (Å²) in [6, 6.07) is 0.378. The number of carbonyl (C=O) groups is 1. The van der Waals surface area contributed by atoms with Crippen LogP contribution in [0.5, 0.6) is 0 Å². The average molecular weight is 345 g/mol. The predicted octanol–water partition coefficient (Wildman–Crippen LogP) is 3.14. The summed E-state index contributed by atoms with van der Waals surface area (Å²) in [5.74, 6) is -0.197. The highest BCUT2D eigenvalue weighted by atomic mass is 16.7. The number of anilines is 1. The van der Waals surface area contributed by atoms with E-state index in [9.17, 15) is 4.79 Å². The number of aromatic nitrogens is 3. The molecule has 1 N–H and O–H groups in total. The van der Waals surface area contributed by atoms with Gasteiger partial charge in [0, 0.05) is 19.6 Å². The van der Waals surface area contributed by atoms with Crippen molar-refractivity contribution < 1.29 is 9.63 Å². The van der Waals surface area contributed by atoms with Crippen molar-refractivity contribution in [2.45, 2.75) is 58.5 Å². The van der Waals surface area contributed by atoms with Gasteiger partial charge in [-0.15, -0.1) is 0 Å². The highest BCUT2D eigenvalue weighted by Gasteiger charge is 2.26. The van der Waals surface area contributed by atoms with E-state index in [1.54, 1.807) is 13.2 Å². The molecule has 1 saturated carbocycles. The van der Waals surface area contributed by atoms with Crippen molar-refractivity contribution in [3.63, 3.8) is 0 Å². The number of hydroxylamine groups is 2. The van der Waals surface area contributed by atoms with E-state index in [2.05, 4.69) is 15.4 Å². The molecule has 3 rings (SSSR count). The van der Waals surface area contributed by atoms with Crippen LogP contribution in [0.3, 0.4) is 0 Å². The number of hydrogen-bond donors (Lipinski definition) is 1. The van der Waals surface area contributed by atoms with Gasteiger partial charge in [0.25, 0.3) is 5.91 Å². The van der Waals surface area contributed by atoms with Gasteiger partial charge in [0.15, 0.2) is 5.65 Å². The fourth-order valence-electron chi connectivity index (χ4n) is 3.54. The molecule has 0 saturated heterocycles. The predicted molar refractivity (Wildman–Crippen MR) is 97.5 cm³/mol. The Balaban J connectivity index is 2.13. The molecule has 0 spiro atoms. The molecule has 136 valence electrons. The van der Waals surface area contributed by atoms with Crippen LogP contribution in [-0.4, -0.2) is 45.9 Å². The molecule has 2 aromatic heterocycles. The Morgan fingerprint density at radius 3 is 2.76 bits per heavy atom. The number of amides is 1. The Hall–Kier alpha value is -2.15. The van der Waals surface area contributed by atoms with Gasteiger partial charge >= 0.3 is 0 Å². The summed E-state index contributed by atoms with van der Waals surface area (Å²) in [6.45, 7) is 4.65. The van der Waals surface area contributed by atoms with Crippen LogP contribution >= 0.6 is 0 Å². The molecule has 0 aliphatic heterocycles. The first-order valence-electron chi connectivity index (χ1n) is 9.01. The van der Waals surface area contributed by atoms with Gasteiger partial charge in [0.1, 0.15) is 0 Å². The standard InChI is InChI=1S/C18H27N5O2/c1-5-23-17-14(11-19-23)16(21-13-9-7-6-8-10-13)15(12(2)20-17)18(24)22(3)25-4/h11,13H,5-10H2,1-4H3,(H,20,21). The minimum absolute atomic E-state index is 0.197. The molecule has 1 fully saturated rings. The number of pyridine rings is 1. The molecule has 0 bridgehead atoms. The van der Waals surface area contributed by atoms with Crippen LogP contribution in [-0.2, 0) is 11.4 Å². The molecule has 0 atom stereocenters. The van der Waals surface area contributed by atoms with E-state index in [0.717, 1.165) is 36.1 Å². The number of nitrogens with zero attached hydrogens (tertiary/aromatic N) is 4. The summed E-state index contributed by atoms with van der Waals surface area (Å²) in [7, 11) is 3.11. The monoisotopic (exact) mass is 345 g/mol. The second-order valence-electron chi connectivity index (χ2n) is 6.61. The molecular weight excluding hydrogens is 318 g/mol. The molecule has 0 unspecified atom stereocenters. The summed E-state index contributed by atoms with van der Waals surface area (Å²) < 4.78 is 1.86. The Kier molecular flexibility index (Phi) is 5.22. The van der Waals surface area contributed by atoms with Crippen molar-refractivity contribution in [3.8, 4) is 0 Å². The summed E-state index contributed by atoms with van der Waals surface area (Å²) in [5, 5.41) is 10.2. The third kappa shape index (κ3) is 3.33. The summed E-state index contributed by atoms with van der Waals surface area (Å²) >= 11 is 0. The molecule has 1 aliphatic carbocycles. The Morgan fingerprint density at radius 2 is 2.12 bits per heavy atom. The van der Waals surface area contributed by atoms with Gasteiger partial charge in [-0.05, 0) is 26.7 Å². The van der Waals surface area contributed by atoms with Crippen molar-refractivity contribution in [1.29, 1.82) is 0 Å². The van der Waals surface area contributed by atoms with Crippen LogP contribution in [0.1, 0.15) is 55.1 Å². The van der Waals surface area contributed by atoms with Gasteiger partial charge in [-0.25, -0.2) is 14.7 Å². The minimum Gasteiger partial charge on any atom is -0.381 e. The van der Waals surface area contributed by atoms with Crippen LogP contribution in [0.4, 0.5) is 5.69 Å². The number of rotatable bonds is 5. The van der Waals surface area contributed by atoms with E-state index in [1.807, 2.05) is 18.5 Å². The average Bonchev–Trinajstić information content (AvgIpc) is 3.04. The molecule has 1 aliphatic rings. The van der Waals surface area contributed by atoms with E-state index in [0.29, 0.717) is 17.3 Å². The maximum Gasteiger partial charge on any atom is 0.281 e. The molecular formula is C18H27N5O2. The first-order chi connectivity index (χ1) is 12.1. The largest absolute Gasteiger partial charge is 0.381 e. The minimum atomic E-state index is -0.197. The van der Waals surface area contributed by atoms with Gasteiger partial charge in [-0.1, -0.05) is 19.3 Å². The Labute approximate surface area is 148 Å². The maximum atomic E-state index is 12.9. The SMILES string of the molecule is CCn1ncc2c(NC3CCCCC3)c(C(=O)N(C)OC)c(C)nc21. The number of aryl methyl sites for hydroxylation is 2. The van der Waals surface area contributed by atoms with Crippen LogP contribution in [0.2, 0.25) is 0 Å². The van der Waals surface area contributed by atoms with Gasteiger partial charge in [0.05, 0.1) is 35.6 Å². The summed E-state index contributed by atoms with van der Waals surface area (Å²) in [6.07, 6.45) is 7.78. The van der Waals surface area contributed by atoms with Crippen molar-refractivity contribution >= 4 is 22.6 Å². The maximum absolute atomic E-state index is 12.9. The van der Waals surface area contributed by atoms with Crippen molar-refractivity contribution in [3.05, 3.63) is 17.5 Å². The first kappa shape index (κ1) is 17.7. The van der Waals surface area contributed by atoms with Gasteiger partial charge < -0.3 is 5.32 Å². The smallest absolute Gasteiger partial charge is 0.281 e. The van der Waals surface area contributed by atoms with E-state index >= 15 is 0 Å². The van der Waals surface area contributed by atoms with Crippen LogP contribution in [0, 0.1) is 6.92 Å². The zero-order valence-electron chi connectivity index (χ0n) is 15.5.